The minimum atomic E-state index is -5.08. The number of hydrogen-bond donors (Lipinski definition) is 4. The Labute approximate surface area is 337 Å². The first-order chi connectivity index (χ1) is 27.1. The predicted octanol–water partition coefficient (Wildman–Crippen LogP) is 6.01. The highest BCUT2D eigenvalue weighted by Crippen LogP contribution is 2.31. The minimum absolute atomic E-state index is 0.0784. The monoisotopic (exact) mass is 850 g/mol. The number of quaternary nitrogens is 1. The van der Waals surface area contributed by atoms with Crippen LogP contribution in [-0.2, 0) is 32.7 Å². The van der Waals surface area contributed by atoms with Crippen LogP contribution < -0.4 is 24.7 Å². The van der Waals surface area contributed by atoms with Gasteiger partial charge < -0.3 is 34.1 Å². The first-order valence-corrected chi connectivity index (χ1v) is 19.9. The van der Waals surface area contributed by atoms with Crippen LogP contribution in [0.4, 0.5) is 23.7 Å². The quantitative estimate of drug-likeness (QED) is 0.0745. The topological polar surface area (TPSA) is 195 Å². The van der Waals surface area contributed by atoms with E-state index in [-0.39, 0.29) is 22.8 Å². The Hall–Kier alpha value is -5.66. The SMILES string of the molecule is COc1ccc(C[N+]2(C)CCC/C(=[N+](\C(=O)Nc3ccc(OS(=O)(=O)c4cc(C)sc4C)cc3)[C@@H](Cc3ccc(O)cc3)C(N)=O)C2)cc1OC.O=C(O)C(F)(F)F. The molecule has 5 rings (SSSR count). The predicted molar refractivity (Wildman–Crippen MR) is 209 cm³/mol. The maximum atomic E-state index is 14.2. The van der Waals surface area contributed by atoms with Gasteiger partial charge in [0.2, 0.25) is 0 Å². The average Bonchev–Trinajstić information content (AvgIpc) is 3.50. The maximum Gasteiger partial charge on any atom is 0.496 e. The summed E-state index contributed by atoms with van der Waals surface area (Å²) in [6.45, 7) is 5.48. The van der Waals surface area contributed by atoms with E-state index < -0.39 is 40.2 Å². The number of carboxylic acids is 1. The van der Waals surface area contributed by atoms with Crippen molar-refractivity contribution in [2.75, 3.05) is 39.7 Å². The van der Waals surface area contributed by atoms with Crippen molar-refractivity contribution >= 4 is 50.8 Å². The van der Waals surface area contributed by atoms with Crippen molar-refractivity contribution in [1.29, 1.82) is 0 Å². The summed E-state index contributed by atoms with van der Waals surface area (Å²) in [5.41, 5.74) is 8.87. The molecule has 2 atom stereocenters. The minimum Gasteiger partial charge on any atom is -0.508 e. The number of ether oxygens (including phenoxy) is 2. The molecule has 3 amide bonds. The third kappa shape index (κ3) is 11.9. The Morgan fingerprint density at radius 3 is 2.10 bits per heavy atom. The largest absolute Gasteiger partial charge is 0.508 e. The normalized spacial score (nSPS) is 16.9. The van der Waals surface area contributed by atoms with E-state index in [0.29, 0.717) is 51.6 Å². The second-order valence-electron chi connectivity index (χ2n) is 13.7. The molecule has 1 fully saturated rings. The molecule has 0 aliphatic carbocycles. The number of likely N-dealkylation sites (tertiary alicyclic amines) is 1. The van der Waals surface area contributed by atoms with E-state index in [1.54, 1.807) is 39.3 Å². The number of aryl methyl sites for hydroxylation is 2. The molecule has 1 aliphatic rings. The van der Waals surface area contributed by atoms with E-state index in [1.807, 2.05) is 25.1 Å². The second-order valence-corrected chi connectivity index (χ2v) is 16.7. The molecule has 0 saturated carbocycles. The van der Waals surface area contributed by atoms with Crippen LogP contribution in [0.15, 0.2) is 77.7 Å². The molecule has 5 N–H and O–H groups in total. The number of aliphatic carboxylic acids is 1. The molecular weight excluding hydrogens is 806 g/mol. The van der Waals surface area contributed by atoms with Crippen molar-refractivity contribution in [2.45, 2.75) is 56.8 Å². The van der Waals surface area contributed by atoms with Gasteiger partial charge in [0.1, 0.15) is 40.9 Å². The molecule has 58 heavy (non-hydrogen) atoms. The summed E-state index contributed by atoms with van der Waals surface area (Å²) in [7, 11) is 1.24. The van der Waals surface area contributed by atoms with Gasteiger partial charge in [-0.2, -0.15) is 31.0 Å². The Kier molecular flexibility index (Phi) is 14.5. The van der Waals surface area contributed by atoms with Gasteiger partial charge >= 0.3 is 28.3 Å². The van der Waals surface area contributed by atoms with Gasteiger partial charge in [0.15, 0.2) is 17.5 Å². The van der Waals surface area contributed by atoms with Crippen LogP contribution in [-0.4, -0.2) is 97.9 Å². The maximum absolute atomic E-state index is 14.2. The third-order valence-corrected chi connectivity index (χ3v) is 11.6. The van der Waals surface area contributed by atoms with Gasteiger partial charge in [0, 0.05) is 34.6 Å². The Morgan fingerprint density at radius 1 is 0.966 bits per heavy atom. The smallest absolute Gasteiger partial charge is 0.496 e. The number of carboxylic acid groups (broad SMARTS) is 1. The molecule has 312 valence electrons. The van der Waals surface area contributed by atoms with Crippen molar-refractivity contribution in [3.05, 3.63) is 93.7 Å². The number of anilines is 1. The summed E-state index contributed by atoms with van der Waals surface area (Å²) in [5.74, 6) is -2.02. The molecule has 1 aliphatic heterocycles. The zero-order chi connectivity index (χ0) is 43.0. The Balaban J connectivity index is 0.000000973. The van der Waals surface area contributed by atoms with Crippen LogP contribution in [0.3, 0.4) is 0 Å². The molecule has 0 spiro atoms. The van der Waals surface area contributed by atoms with Crippen molar-refractivity contribution in [2.24, 2.45) is 5.73 Å². The number of hydrogen-bond acceptors (Lipinski definition) is 10. The number of carbonyl (C=O) groups is 3. The van der Waals surface area contributed by atoms with E-state index in [9.17, 15) is 36.3 Å². The van der Waals surface area contributed by atoms with Crippen molar-refractivity contribution in [1.82, 2.24) is 0 Å². The summed E-state index contributed by atoms with van der Waals surface area (Å²) in [6, 6.07) is 18.2. The number of phenols is 1. The van der Waals surface area contributed by atoms with E-state index in [4.69, 9.17) is 29.3 Å². The van der Waals surface area contributed by atoms with Crippen molar-refractivity contribution < 1.29 is 68.9 Å². The van der Waals surface area contributed by atoms with Crippen LogP contribution in [0.2, 0.25) is 0 Å². The summed E-state index contributed by atoms with van der Waals surface area (Å²) in [6.07, 6.45) is -3.63. The number of nitrogens with one attached hydrogen (secondary N) is 1. The van der Waals surface area contributed by atoms with Gasteiger partial charge in [-0.25, -0.2) is 10.1 Å². The van der Waals surface area contributed by atoms with E-state index >= 15 is 0 Å². The van der Waals surface area contributed by atoms with Crippen molar-refractivity contribution in [3.63, 3.8) is 0 Å². The fourth-order valence-electron chi connectivity index (χ4n) is 6.50. The molecule has 0 bridgehead atoms. The zero-order valence-electron chi connectivity index (χ0n) is 32.3. The highest BCUT2D eigenvalue weighted by atomic mass is 32.2. The number of methoxy groups -OCH3 is 2. The highest BCUT2D eigenvalue weighted by molar-refractivity contribution is 7.87. The standard InChI is InChI=1S/C37H42N4O8S2.C2HF3O2/c1-24-19-35(25(2)50-24)51(45,46)49-31-15-11-28(12-16-31)39-37(44)40(32(36(38)43)20-26-8-13-30(42)14-9-26)29-7-6-18-41(3,23-29)22-27-10-17-33(47-4)34(21-27)48-5;3-2(4,5)1(6)7/h8-17,19,21,32H,6-7,18,20,22-23H2,1-5H3,(H2-2,38,39,42,43,44);(H,6,7)/p+2/b40-29+;/t32-,41?;/m0./s1. The molecule has 14 nitrogen and oxygen atoms in total. The molecule has 1 unspecified atom stereocenters. The van der Waals surface area contributed by atoms with Crippen LogP contribution in [0.25, 0.3) is 0 Å². The Bertz CT molecular complexity index is 2260. The first kappa shape index (κ1) is 45.0. The molecule has 3 aromatic carbocycles. The number of phenolic OH excluding ortho intramolecular Hbond substituents is 1. The van der Waals surface area contributed by atoms with Gasteiger partial charge in [0.25, 0.3) is 5.91 Å². The number of urea groups is 1. The van der Waals surface area contributed by atoms with Crippen LogP contribution in [0, 0.1) is 13.8 Å². The number of nitrogens with two attached hydrogens (primary N) is 1. The number of rotatable bonds is 12. The number of primary amides is 1. The number of amides is 3. The fraction of sp³-hybridized carbons (Fsp3) is 0.333. The number of halogens is 3. The van der Waals surface area contributed by atoms with Crippen LogP contribution >= 0.6 is 11.3 Å². The molecule has 19 heteroatoms. The van der Waals surface area contributed by atoms with E-state index in [0.717, 1.165) is 29.1 Å². The fourth-order valence-corrected chi connectivity index (χ4v) is 8.95. The third-order valence-electron chi connectivity index (χ3n) is 9.12. The number of thiophene rings is 1. The van der Waals surface area contributed by atoms with Gasteiger partial charge in [-0.1, -0.05) is 12.1 Å². The zero-order valence-corrected chi connectivity index (χ0v) is 34.0. The summed E-state index contributed by atoms with van der Waals surface area (Å²) < 4.78 is 75.9. The number of aromatic hydroxyl groups is 1. The lowest BCUT2D eigenvalue weighted by Gasteiger charge is -2.38. The van der Waals surface area contributed by atoms with Gasteiger partial charge in [-0.15, -0.1) is 11.3 Å². The molecule has 4 aromatic rings. The number of nitrogens with zero attached hydrogens (tertiary/aromatic N) is 2. The van der Waals surface area contributed by atoms with Crippen LogP contribution in [0.1, 0.15) is 33.7 Å². The first-order valence-electron chi connectivity index (χ1n) is 17.6. The van der Waals surface area contributed by atoms with Gasteiger partial charge in [0.05, 0.1) is 27.8 Å². The van der Waals surface area contributed by atoms with Gasteiger partial charge in [-0.3, -0.25) is 4.79 Å². The second kappa shape index (κ2) is 18.7. The average molecular weight is 851 g/mol. The summed E-state index contributed by atoms with van der Waals surface area (Å²) in [4.78, 5) is 37.9. The molecule has 0 radical (unpaired) electrons. The summed E-state index contributed by atoms with van der Waals surface area (Å²) in [5, 5.41) is 19.8. The molecule has 1 saturated heterocycles. The van der Waals surface area contributed by atoms with E-state index in [1.165, 1.54) is 52.3 Å². The number of benzene rings is 3. The van der Waals surface area contributed by atoms with Crippen molar-refractivity contribution in [3.8, 4) is 23.0 Å². The lowest BCUT2D eigenvalue weighted by Crippen LogP contribution is -2.56. The number of piperidine rings is 1. The lowest BCUT2D eigenvalue weighted by molar-refractivity contribution is -0.918. The van der Waals surface area contributed by atoms with E-state index in [2.05, 4.69) is 12.4 Å². The summed E-state index contributed by atoms with van der Waals surface area (Å²) >= 11 is 1.37. The number of alkyl halides is 3. The van der Waals surface area contributed by atoms with Gasteiger partial charge in [-0.05, 0) is 80.1 Å². The Morgan fingerprint density at radius 2 is 1.57 bits per heavy atom. The highest BCUT2D eigenvalue weighted by Gasteiger charge is 2.40. The lowest BCUT2D eigenvalue weighted by atomic mass is 10.0. The molecule has 2 heterocycles. The van der Waals surface area contributed by atoms with Crippen LogP contribution in [0.5, 0.6) is 23.0 Å². The molecular formula is C39H45F3N4O10S2+2. The number of carbonyl (C=O) groups excluding carboxylic acids is 2. The molecule has 1 aromatic heterocycles.